The molecule has 0 saturated carbocycles. The SMILES string of the molecule is COc1cc2c3cc1OCCCCCOc1cc4c(cc1C)Cc1cc5c(OC)cc1Cc1cc(c(OC)cc1C4)OCCCCCOc1cc(c(cc1OC)Cc1cc(c(OC)cc1C3)OCCCCCO5)C2. The number of hydrogen-bond acceptors (Lipinski definition) is 11. The average Bonchev–Trinajstić information content (AvgIpc) is 3.50. The highest BCUT2D eigenvalue weighted by Gasteiger charge is 2.25. The summed E-state index contributed by atoms with van der Waals surface area (Å²) in [6.07, 6.45) is 12.1. The zero-order valence-electron chi connectivity index (χ0n) is 44.3. The molecule has 14 aliphatic rings. The Labute approximate surface area is 437 Å². The molecule has 0 fully saturated rings. The second-order valence-corrected chi connectivity index (χ2v) is 20.1. The van der Waals surface area contributed by atoms with E-state index in [1.165, 1.54) is 33.4 Å². The van der Waals surface area contributed by atoms with E-state index >= 15 is 0 Å². The van der Waals surface area contributed by atoms with Gasteiger partial charge in [-0.05, 0) is 242 Å². The molecular weight excluding hydrogens is 933 g/mol. The van der Waals surface area contributed by atoms with E-state index in [1.807, 2.05) is 0 Å². The Balaban J connectivity index is 1.07. The van der Waals surface area contributed by atoms with Crippen LogP contribution in [0.15, 0.2) is 72.8 Å². The monoisotopic (exact) mass is 1000 g/mol. The topological polar surface area (TPSA) is 102 Å². The maximum Gasteiger partial charge on any atom is 0.161 e. The van der Waals surface area contributed by atoms with Crippen LogP contribution < -0.4 is 52.1 Å². The molecule has 6 aromatic carbocycles. The van der Waals surface area contributed by atoms with Crippen LogP contribution in [0.3, 0.4) is 0 Å². The molecule has 0 saturated heterocycles. The zero-order chi connectivity index (χ0) is 51.0. The van der Waals surface area contributed by atoms with Crippen LogP contribution in [0.2, 0.25) is 0 Å². The number of rotatable bonds is 5. The summed E-state index contributed by atoms with van der Waals surface area (Å²) in [5.74, 6) is 8.21. The van der Waals surface area contributed by atoms with Crippen molar-refractivity contribution in [3.63, 3.8) is 0 Å². The smallest absolute Gasteiger partial charge is 0.161 e. The van der Waals surface area contributed by atoms with Crippen LogP contribution in [-0.2, 0) is 38.5 Å². The Morgan fingerprint density at radius 1 is 0.243 bits per heavy atom. The van der Waals surface area contributed by atoms with Gasteiger partial charge in [0.05, 0.1) is 75.2 Å². The van der Waals surface area contributed by atoms with Gasteiger partial charge in [0.2, 0.25) is 0 Å². The molecule has 390 valence electrons. The number of hydrogen-bond donors (Lipinski definition) is 0. The molecule has 74 heavy (non-hydrogen) atoms. The van der Waals surface area contributed by atoms with Crippen LogP contribution in [0.4, 0.5) is 0 Å². The molecule has 0 atom stereocenters. The summed E-state index contributed by atoms with van der Waals surface area (Å²) in [7, 11) is 8.61. The largest absolute Gasteiger partial charge is 0.493 e. The molecule has 0 N–H and O–H groups in total. The Hall–Kier alpha value is -6.88. The minimum absolute atomic E-state index is 0.537. The molecule has 20 rings (SSSR count). The first-order valence-corrected chi connectivity index (χ1v) is 26.7. The highest BCUT2D eigenvalue weighted by atomic mass is 16.5. The molecular formula is C63H72O11. The van der Waals surface area contributed by atoms with Crippen LogP contribution in [0.1, 0.15) is 130 Å². The summed E-state index contributed by atoms with van der Waals surface area (Å²) in [4.78, 5) is 0. The van der Waals surface area contributed by atoms with E-state index < -0.39 is 0 Å². The van der Waals surface area contributed by atoms with Gasteiger partial charge in [0.25, 0.3) is 0 Å². The number of ether oxygens (including phenoxy) is 11. The summed E-state index contributed by atoms with van der Waals surface area (Å²) in [6.45, 7) is 5.48. The zero-order valence-corrected chi connectivity index (χ0v) is 44.3. The maximum atomic E-state index is 6.63. The van der Waals surface area contributed by atoms with Crippen molar-refractivity contribution in [3.05, 3.63) is 145 Å². The van der Waals surface area contributed by atoms with Gasteiger partial charge < -0.3 is 52.1 Å². The Morgan fingerprint density at radius 2 is 0.432 bits per heavy atom. The lowest BCUT2D eigenvalue weighted by molar-refractivity contribution is 0.263. The quantitative estimate of drug-likeness (QED) is 0.165. The third-order valence-corrected chi connectivity index (χ3v) is 15.1. The molecule has 12 heterocycles. The normalized spacial score (nSPS) is 16.0. The highest BCUT2D eigenvalue weighted by molar-refractivity contribution is 5.60. The fourth-order valence-electron chi connectivity index (χ4n) is 11.0. The van der Waals surface area contributed by atoms with Crippen molar-refractivity contribution in [2.75, 3.05) is 75.2 Å². The van der Waals surface area contributed by atoms with Crippen molar-refractivity contribution < 1.29 is 52.1 Å². The van der Waals surface area contributed by atoms with Gasteiger partial charge >= 0.3 is 0 Å². The fourth-order valence-corrected chi connectivity index (χ4v) is 11.0. The van der Waals surface area contributed by atoms with Crippen molar-refractivity contribution in [3.8, 4) is 63.2 Å². The number of methoxy groups -OCH3 is 5. The molecule has 0 unspecified atom stereocenters. The lowest BCUT2D eigenvalue weighted by Gasteiger charge is -2.19. The van der Waals surface area contributed by atoms with Gasteiger partial charge in [-0.1, -0.05) is 6.07 Å². The van der Waals surface area contributed by atoms with E-state index in [0.29, 0.717) is 83.2 Å². The van der Waals surface area contributed by atoms with Crippen molar-refractivity contribution in [2.24, 2.45) is 0 Å². The van der Waals surface area contributed by atoms with Gasteiger partial charge in [0, 0.05) is 0 Å². The van der Waals surface area contributed by atoms with Crippen molar-refractivity contribution in [2.45, 2.75) is 103 Å². The minimum atomic E-state index is 0.537. The summed E-state index contributed by atoms with van der Waals surface area (Å²) in [6, 6.07) is 26.3. The standard InChI is InChI=1S/C63H72O11/c1-40-22-41-23-48-35-59-55(65-3)31-44(48)25-49-36-60-54(64-2)30-43(49)24-42(41)29-53(40)69-16-10-7-11-17-71-61-37-50-26-46-33-57(67-5)62(73-20-13-8-12-18-70-59)39-52(46)28-47-34-58(68-6)63(74-21-15-9-14-19-72-60)38-51(47)27-45(50)32-56(61)66-4/h22,29-39H,7-21,23-28H2,1-6H3. The molecule has 6 aromatic rings. The highest BCUT2D eigenvalue weighted by Crippen LogP contribution is 2.43. The van der Waals surface area contributed by atoms with Crippen molar-refractivity contribution in [1.82, 2.24) is 0 Å². The number of benzene rings is 6. The first-order chi connectivity index (χ1) is 36.3. The summed E-state index contributed by atoms with van der Waals surface area (Å²) >= 11 is 0. The molecule has 11 heteroatoms. The van der Waals surface area contributed by atoms with Crippen LogP contribution in [0, 0.1) is 6.92 Å². The molecule has 11 nitrogen and oxygen atoms in total. The third-order valence-electron chi connectivity index (χ3n) is 15.1. The summed E-state index contributed by atoms with van der Waals surface area (Å²) in [5.41, 5.74) is 15.3. The summed E-state index contributed by atoms with van der Waals surface area (Å²) in [5, 5.41) is 0. The van der Waals surface area contributed by atoms with Gasteiger partial charge in [-0.2, -0.15) is 0 Å². The second kappa shape index (κ2) is 23.5. The van der Waals surface area contributed by atoms with Crippen LogP contribution in [0.25, 0.3) is 0 Å². The van der Waals surface area contributed by atoms with E-state index in [4.69, 9.17) is 52.1 Å². The first kappa shape index (κ1) is 50.6. The van der Waals surface area contributed by atoms with Crippen molar-refractivity contribution in [1.29, 1.82) is 0 Å². The third kappa shape index (κ3) is 11.4. The molecule has 18 bridgehead atoms. The Kier molecular flexibility index (Phi) is 16.1. The second-order valence-electron chi connectivity index (χ2n) is 20.1. The maximum absolute atomic E-state index is 6.63. The van der Waals surface area contributed by atoms with Crippen LogP contribution >= 0.6 is 0 Å². The van der Waals surface area contributed by atoms with E-state index in [1.54, 1.807) is 35.5 Å². The van der Waals surface area contributed by atoms with E-state index in [9.17, 15) is 0 Å². The van der Waals surface area contributed by atoms with E-state index in [2.05, 4.69) is 79.7 Å². The Morgan fingerprint density at radius 3 is 0.662 bits per heavy atom. The molecule has 2 aliphatic carbocycles. The minimum Gasteiger partial charge on any atom is -0.493 e. The van der Waals surface area contributed by atoms with Gasteiger partial charge in [0.1, 0.15) is 5.75 Å². The van der Waals surface area contributed by atoms with Crippen LogP contribution in [0.5, 0.6) is 63.2 Å². The number of aryl methyl sites for hydroxylation is 1. The first-order valence-electron chi connectivity index (χ1n) is 26.7. The molecule has 0 spiro atoms. The lowest BCUT2D eigenvalue weighted by Crippen LogP contribution is -2.07. The summed E-state index contributed by atoms with van der Waals surface area (Å²) < 4.78 is 69.9. The van der Waals surface area contributed by atoms with Gasteiger partial charge in [-0.25, -0.2) is 0 Å². The predicted octanol–water partition coefficient (Wildman–Crippen LogP) is 12.7. The van der Waals surface area contributed by atoms with Gasteiger partial charge in [-0.15, -0.1) is 0 Å². The molecule has 0 aromatic heterocycles. The molecule has 0 radical (unpaired) electrons. The lowest BCUT2D eigenvalue weighted by atomic mass is 9.93. The van der Waals surface area contributed by atoms with Crippen molar-refractivity contribution >= 4 is 0 Å². The molecule has 0 amide bonds. The van der Waals surface area contributed by atoms with E-state index in [-0.39, 0.29) is 0 Å². The predicted molar refractivity (Wildman–Crippen MR) is 288 cm³/mol. The van der Waals surface area contributed by atoms with Crippen LogP contribution in [-0.4, -0.2) is 75.2 Å². The fraction of sp³-hybridized carbons (Fsp3) is 0.429. The average molecular weight is 1010 g/mol. The van der Waals surface area contributed by atoms with Gasteiger partial charge in [-0.3, -0.25) is 0 Å². The van der Waals surface area contributed by atoms with Gasteiger partial charge in [0.15, 0.2) is 57.5 Å². The molecule has 12 aliphatic heterocycles. The van der Waals surface area contributed by atoms with E-state index in [0.717, 1.165) is 155 Å². The Bertz CT molecular complexity index is 2950.